The molecule has 1 saturated carbocycles. The molecule has 1 fully saturated rings. The Morgan fingerprint density at radius 1 is 0.636 bits per heavy atom. The number of carbonyl (C=O) groups excluding carboxylic acids is 1. The third kappa shape index (κ3) is 7.79. The van der Waals surface area contributed by atoms with Crippen LogP contribution in [0.1, 0.15) is 30.4 Å². The van der Waals surface area contributed by atoms with E-state index in [0.717, 1.165) is 24.5 Å². The Morgan fingerprint density at radius 2 is 1.00 bits per heavy atom. The van der Waals surface area contributed by atoms with Crippen LogP contribution >= 0.6 is 0 Å². The monoisotopic (exact) mass is 478 g/mol. The summed E-state index contributed by atoms with van der Waals surface area (Å²) in [5.74, 6) is 0.212. The van der Waals surface area contributed by atoms with Gasteiger partial charge in [-0.25, -0.2) is 0 Å². The van der Waals surface area contributed by atoms with E-state index in [1.165, 1.54) is 11.1 Å². The fraction of sp³-hybridized carbons (Fsp3) is 0.423. The van der Waals surface area contributed by atoms with E-state index < -0.39 is 16.5 Å². The molecule has 7 heteroatoms. The molecule has 33 heavy (non-hydrogen) atoms. The highest BCUT2D eigenvalue weighted by atomic mass is 28.3. The molecule has 5 nitrogen and oxygen atoms in total. The van der Waals surface area contributed by atoms with Crippen molar-refractivity contribution in [2.24, 2.45) is 10.2 Å². The molecule has 1 aliphatic rings. The van der Waals surface area contributed by atoms with Crippen LogP contribution in [0.2, 0.25) is 39.3 Å². The van der Waals surface area contributed by atoms with Crippen molar-refractivity contribution < 1.29 is 4.79 Å². The third-order valence-corrected chi connectivity index (χ3v) is 9.25. The lowest BCUT2D eigenvalue weighted by Crippen LogP contribution is -2.44. The summed E-state index contributed by atoms with van der Waals surface area (Å²) in [6.07, 6.45) is 1.54. The molecule has 0 atom stereocenters. The largest absolute Gasteiger partial charge is 0.320 e. The van der Waals surface area contributed by atoms with Crippen LogP contribution in [0.5, 0.6) is 0 Å². The fourth-order valence-electron chi connectivity index (χ4n) is 3.72. The summed E-state index contributed by atoms with van der Waals surface area (Å²) in [5, 5.41) is 10.1. The molecule has 0 saturated heterocycles. The van der Waals surface area contributed by atoms with Crippen molar-refractivity contribution in [3.05, 3.63) is 71.8 Å². The van der Waals surface area contributed by atoms with Crippen LogP contribution in [0.3, 0.4) is 0 Å². The molecule has 0 N–H and O–H groups in total. The Morgan fingerprint density at radius 3 is 1.33 bits per heavy atom. The minimum atomic E-state index is -1.72. The van der Waals surface area contributed by atoms with Gasteiger partial charge in [-0.15, -0.1) is 0 Å². The average molecular weight is 479 g/mol. The fourth-order valence-corrected chi connectivity index (χ4v) is 5.92. The van der Waals surface area contributed by atoms with Gasteiger partial charge in [-0.1, -0.05) is 99.9 Å². The van der Waals surface area contributed by atoms with E-state index >= 15 is 0 Å². The van der Waals surface area contributed by atoms with E-state index in [9.17, 15) is 4.79 Å². The van der Waals surface area contributed by atoms with Crippen molar-refractivity contribution in [3.63, 3.8) is 0 Å². The van der Waals surface area contributed by atoms with Gasteiger partial charge in [0.1, 0.15) is 5.78 Å². The highest BCUT2D eigenvalue weighted by molar-refractivity contribution is 6.73. The molecule has 2 aromatic rings. The lowest BCUT2D eigenvalue weighted by Gasteiger charge is -2.34. The van der Waals surface area contributed by atoms with E-state index in [-0.39, 0.29) is 5.78 Å². The molecule has 0 aromatic heterocycles. The second-order valence-corrected chi connectivity index (χ2v) is 20.5. The van der Waals surface area contributed by atoms with Gasteiger partial charge in [0, 0.05) is 19.3 Å². The summed E-state index contributed by atoms with van der Waals surface area (Å²) >= 11 is 0. The van der Waals surface area contributed by atoms with Crippen LogP contribution in [-0.4, -0.2) is 43.0 Å². The predicted octanol–water partition coefficient (Wildman–Crippen LogP) is 6.13. The summed E-state index contributed by atoms with van der Waals surface area (Å²) in [6, 6.07) is 20.9. The van der Waals surface area contributed by atoms with Crippen molar-refractivity contribution in [2.75, 3.05) is 0 Å². The van der Waals surface area contributed by atoms with Gasteiger partial charge in [-0.3, -0.25) is 4.79 Å². The maximum absolute atomic E-state index is 12.7. The van der Waals surface area contributed by atoms with Gasteiger partial charge in [0.05, 0.1) is 24.5 Å². The van der Waals surface area contributed by atoms with Gasteiger partial charge < -0.3 is 9.35 Å². The predicted molar refractivity (Wildman–Crippen MR) is 144 cm³/mol. The molecule has 0 heterocycles. The van der Waals surface area contributed by atoms with E-state index in [2.05, 4.69) is 97.2 Å². The van der Waals surface area contributed by atoms with E-state index in [1.807, 2.05) is 12.1 Å². The minimum absolute atomic E-state index is 0.212. The number of hydrogen-bond acceptors (Lipinski definition) is 5. The van der Waals surface area contributed by atoms with Crippen molar-refractivity contribution in [3.8, 4) is 0 Å². The molecule has 0 bridgehead atoms. The van der Waals surface area contributed by atoms with Crippen LogP contribution in [0.15, 0.2) is 70.9 Å². The smallest absolute Gasteiger partial charge is 0.169 e. The number of carbonyl (C=O) groups is 1. The molecular formula is C26H38N4OSi2. The normalized spacial score (nSPS) is 17.5. The van der Waals surface area contributed by atoms with Crippen LogP contribution in [0.4, 0.5) is 0 Å². The van der Waals surface area contributed by atoms with Crippen LogP contribution in [0, 0.1) is 0 Å². The lowest BCUT2D eigenvalue weighted by atomic mass is 9.95. The first kappa shape index (κ1) is 25.1. The first-order valence-corrected chi connectivity index (χ1v) is 18.7. The van der Waals surface area contributed by atoms with E-state index in [4.69, 9.17) is 10.2 Å². The highest BCUT2D eigenvalue weighted by Gasteiger charge is 2.29. The van der Waals surface area contributed by atoms with Gasteiger partial charge in [-0.05, 0) is 11.1 Å². The zero-order chi connectivity index (χ0) is 24.1. The van der Waals surface area contributed by atoms with E-state index in [0.29, 0.717) is 19.3 Å². The Balaban J connectivity index is 1.85. The lowest BCUT2D eigenvalue weighted by molar-refractivity contribution is -0.117. The first-order valence-electron chi connectivity index (χ1n) is 11.8. The maximum atomic E-state index is 12.7. The second kappa shape index (κ2) is 10.6. The SMILES string of the molecule is C[Si](C)(C)N(Cc1ccccc1)/N=C1\CC(=O)C/C(=N/N(Cc2ccccc2)[Si](C)(C)C)C1. The quantitative estimate of drug-likeness (QED) is 0.339. The topological polar surface area (TPSA) is 48.3 Å². The standard InChI is InChI=1S/C26H38N4OSi2/c1-32(2,3)29(20-22-13-9-7-10-14-22)27-24-17-25(19-26(31)18-24)28-30(33(4,5)6)21-23-15-11-8-12-16-23/h7-16H,17-21H2,1-6H3/b27-24-,28-25+. The molecule has 0 amide bonds. The molecule has 0 radical (unpaired) electrons. The Hall–Kier alpha value is -2.52. The summed E-state index contributed by atoms with van der Waals surface area (Å²) < 4.78 is 4.49. The summed E-state index contributed by atoms with van der Waals surface area (Å²) in [7, 11) is -3.44. The zero-order valence-electron chi connectivity index (χ0n) is 21.0. The zero-order valence-corrected chi connectivity index (χ0v) is 23.0. The maximum Gasteiger partial charge on any atom is 0.169 e. The Kier molecular flexibility index (Phi) is 8.07. The third-order valence-electron chi connectivity index (χ3n) is 5.63. The van der Waals surface area contributed by atoms with Gasteiger partial charge in [0.2, 0.25) is 0 Å². The molecule has 0 aliphatic heterocycles. The molecule has 1 aliphatic carbocycles. The Labute approximate surface area is 201 Å². The van der Waals surface area contributed by atoms with Crippen molar-refractivity contribution in [2.45, 2.75) is 71.6 Å². The number of nitrogens with zero attached hydrogens (tertiary/aromatic N) is 4. The van der Waals surface area contributed by atoms with Gasteiger partial charge in [-0.2, -0.15) is 10.2 Å². The Bertz CT molecular complexity index is 913. The van der Waals surface area contributed by atoms with Gasteiger partial charge in [0.25, 0.3) is 0 Å². The molecule has 0 spiro atoms. The van der Waals surface area contributed by atoms with Crippen LogP contribution < -0.4 is 0 Å². The van der Waals surface area contributed by atoms with Gasteiger partial charge in [0.15, 0.2) is 16.5 Å². The minimum Gasteiger partial charge on any atom is -0.320 e. The van der Waals surface area contributed by atoms with Crippen LogP contribution in [-0.2, 0) is 17.9 Å². The van der Waals surface area contributed by atoms with Crippen molar-refractivity contribution in [1.82, 2.24) is 9.35 Å². The average Bonchev–Trinajstić information content (AvgIpc) is 2.73. The second-order valence-electron chi connectivity index (χ2n) is 10.8. The van der Waals surface area contributed by atoms with Gasteiger partial charge >= 0.3 is 0 Å². The molecular weight excluding hydrogens is 440 g/mol. The molecule has 0 unspecified atom stereocenters. The number of hydrazone groups is 2. The summed E-state index contributed by atoms with van der Waals surface area (Å²) in [4.78, 5) is 12.7. The summed E-state index contributed by atoms with van der Waals surface area (Å²) in [5.41, 5.74) is 4.37. The number of ketones is 1. The van der Waals surface area contributed by atoms with Crippen molar-refractivity contribution in [1.29, 1.82) is 0 Å². The molecule has 3 rings (SSSR count). The molecule has 2 aromatic carbocycles. The number of hydrogen-bond donors (Lipinski definition) is 0. The van der Waals surface area contributed by atoms with Crippen LogP contribution in [0.25, 0.3) is 0 Å². The van der Waals surface area contributed by atoms with E-state index in [1.54, 1.807) is 0 Å². The van der Waals surface area contributed by atoms with Crippen molar-refractivity contribution >= 4 is 33.7 Å². The number of rotatable bonds is 8. The molecule has 176 valence electrons. The summed E-state index contributed by atoms with van der Waals surface area (Å²) in [6.45, 7) is 15.3. The highest BCUT2D eigenvalue weighted by Crippen LogP contribution is 2.21. The number of Topliss-reactive ketones (excluding diaryl/α,β-unsaturated/α-hetero) is 1. The number of benzene rings is 2. The first-order chi connectivity index (χ1) is 15.5.